The van der Waals surface area contributed by atoms with E-state index in [0.29, 0.717) is 0 Å². The van der Waals surface area contributed by atoms with Crippen molar-refractivity contribution in [2.24, 2.45) is 0 Å². The Morgan fingerprint density at radius 1 is 1.26 bits per heavy atom. The van der Waals surface area contributed by atoms with Gasteiger partial charge in [0.2, 0.25) is 0 Å². The van der Waals surface area contributed by atoms with Gasteiger partial charge in [-0.25, -0.2) is 13.1 Å². The molecule has 23 heavy (non-hydrogen) atoms. The smallest absolute Gasteiger partial charge is 0.273 e. The molecule has 0 saturated heterocycles. The molecule has 5 nitrogen and oxygen atoms in total. The SMILES string of the molecule is Cc1c[nH]c2c(/C=C/C(=O)NS(=O)(=O)c3cccs3)cccc12. The van der Waals surface area contributed by atoms with E-state index < -0.39 is 15.9 Å². The minimum atomic E-state index is -3.80. The number of hydrogen-bond acceptors (Lipinski definition) is 4. The van der Waals surface area contributed by atoms with E-state index in [0.717, 1.165) is 33.4 Å². The highest BCUT2D eigenvalue weighted by Crippen LogP contribution is 2.22. The van der Waals surface area contributed by atoms with Crippen LogP contribution in [-0.4, -0.2) is 19.3 Å². The summed E-state index contributed by atoms with van der Waals surface area (Å²) < 4.78 is 26.1. The lowest BCUT2D eigenvalue weighted by atomic mass is 10.1. The number of carbonyl (C=O) groups is 1. The van der Waals surface area contributed by atoms with Gasteiger partial charge in [-0.05, 0) is 35.6 Å². The zero-order chi connectivity index (χ0) is 16.4. The first-order valence-electron chi connectivity index (χ1n) is 6.82. The van der Waals surface area contributed by atoms with Gasteiger partial charge in [0.1, 0.15) is 4.21 Å². The Labute approximate surface area is 137 Å². The molecule has 0 aliphatic heterocycles. The Morgan fingerprint density at radius 3 is 2.83 bits per heavy atom. The number of para-hydroxylation sites is 1. The Morgan fingerprint density at radius 2 is 2.09 bits per heavy atom. The average molecular weight is 346 g/mol. The van der Waals surface area contributed by atoms with E-state index in [9.17, 15) is 13.2 Å². The van der Waals surface area contributed by atoms with Gasteiger partial charge >= 0.3 is 0 Å². The Kier molecular flexibility index (Phi) is 4.06. The van der Waals surface area contributed by atoms with Gasteiger partial charge in [-0.3, -0.25) is 4.79 Å². The highest BCUT2D eigenvalue weighted by Gasteiger charge is 2.16. The van der Waals surface area contributed by atoms with E-state index in [1.807, 2.05) is 36.0 Å². The summed E-state index contributed by atoms with van der Waals surface area (Å²) in [6.07, 6.45) is 4.71. The summed E-state index contributed by atoms with van der Waals surface area (Å²) >= 11 is 1.06. The van der Waals surface area contributed by atoms with Crippen molar-refractivity contribution in [1.29, 1.82) is 0 Å². The molecule has 0 saturated carbocycles. The Balaban J connectivity index is 1.81. The van der Waals surface area contributed by atoms with Crippen LogP contribution in [0.1, 0.15) is 11.1 Å². The Hall–Kier alpha value is -2.38. The van der Waals surface area contributed by atoms with Crippen molar-refractivity contribution in [3.8, 4) is 0 Å². The second-order valence-electron chi connectivity index (χ2n) is 4.98. The van der Waals surface area contributed by atoms with E-state index in [1.165, 1.54) is 12.1 Å². The maximum absolute atomic E-state index is 12.0. The third-order valence-corrected chi connectivity index (χ3v) is 6.11. The number of aromatic amines is 1. The van der Waals surface area contributed by atoms with E-state index in [4.69, 9.17) is 0 Å². The third kappa shape index (κ3) is 3.20. The summed E-state index contributed by atoms with van der Waals surface area (Å²) in [7, 11) is -3.80. The van der Waals surface area contributed by atoms with Crippen LogP contribution in [0.15, 0.2) is 52.2 Å². The first-order chi connectivity index (χ1) is 11.0. The maximum atomic E-state index is 12.0. The van der Waals surface area contributed by atoms with Gasteiger partial charge in [-0.15, -0.1) is 11.3 Å². The molecule has 0 spiro atoms. The maximum Gasteiger partial charge on any atom is 0.273 e. The number of aryl methyl sites for hydroxylation is 1. The van der Waals surface area contributed by atoms with Crippen LogP contribution in [0.3, 0.4) is 0 Å². The minimum Gasteiger partial charge on any atom is -0.360 e. The quantitative estimate of drug-likeness (QED) is 0.713. The molecule has 0 fully saturated rings. The molecular weight excluding hydrogens is 332 g/mol. The number of sulfonamides is 1. The molecule has 2 aromatic heterocycles. The van der Waals surface area contributed by atoms with Gasteiger partial charge in [0.25, 0.3) is 15.9 Å². The molecule has 2 heterocycles. The number of hydrogen-bond donors (Lipinski definition) is 2. The highest BCUT2D eigenvalue weighted by molar-refractivity contribution is 7.92. The summed E-state index contributed by atoms with van der Waals surface area (Å²) in [4.78, 5) is 15.0. The fourth-order valence-corrected chi connectivity index (χ4v) is 4.19. The van der Waals surface area contributed by atoms with Crippen LogP contribution in [0.4, 0.5) is 0 Å². The van der Waals surface area contributed by atoms with Crippen molar-refractivity contribution in [3.05, 3.63) is 59.1 Å². The standard InChI is InChI=1S/C16H14N2O3S2/c1-11-10-17-16-12(4-2-5-13(11)16)7-8-14(19)18-23(20,21)15-6-3-9-22-15/h2-10,17H,1H3,(H,18,19)/b8-7+. The Bertz CT molecular complexity index is 984. The van der Waals surface area contributed by atoms with Crippen molar-refractivity contribution in [3.63, 3.8) is 0 Å². The number of aromatic nitrogens is 1. The fourth-order valence-electron chi connectivity index (χ4n) is 2.26. The topological polar surface area (TPSA) is 79.0 Å². The van der Waals surface area contributed by atoms with Crippen LogP contribution in [-0.2, 0) is 14.8 Å². The molecule has 0 bridgehead atoms. The second kappa shape index (κ2) is 6.02. The van der Waals surface area contributed by atoms with Gasteiger partial charge in [-0.1, -0.05) is 24.3 Å². The van der Waals surface area contributed by atoms with Crippen LogP contribution in [0.25, 0.3) is 17.0 Å². The second-order valence-corrected chi connectivity index (χ2v) is 7.83. The molecule has 0 radical (unpaired) electrons. The molecular formula is C16H14N2O3S2. The molecule has 0 aliphatic carbocycles. The van der Waals surface area contributed by atoms with Gasteiger partial charge < -0.3 is 4.98 Å². The number of carbonyl (C=O) groups excluding carboxylic acids is 1. The predicted octanol–water partition coefficient (Wildman–Crippen LogP) is 3.06. The van der Waals surface area contributed by atoms with E-state index in [-0.39, 0.29) is 4.21 Å². The number of nitrogens with one attached hydrogen (secondary N) is 2. The summed E-state index contributed by atoms with van der Waals surface area (Å²) in [6, 6.07) is 8.80. The van der Waals surface area contributed by atoms with Gasteiger partial charge in [0.05, 0.1) is 5.52 Å². The predicted molar refractivity (Wildman–Crippen MR) is 91.7 cm³/mol. The van der Waals surface area contributed by atoms with Crippen LogP contribution >= 0.6 is 11.3 Å². The number of thiophene rings is 1. The van der Waals surface area contributed by atoms with Crippen LogP contribution in [0.5, 0.6) is 0 Å². The molecule has 2 N–H and O–H groups in total. The summed E-state index contributed by atoms with van der Waals surface area (Å²) in [5.74, 6) is -0.682. The largest absolute Gasteiger partial charge is 0.360 e. The lowest BCUT2D eigenvalue weighted by molar-refractivity contribution is -0.114. The molecule has 118 valence electrons. The van der Waals surface area contributed by atoms with Crippen LogP contribution in [0.2, 0.25) is 0 Å². The number of amides is 1. The summed E-state index contributed by atoms with van der Waals surface area (Å²) in [5.41, 5.74) is 2.84. The van der Waals surface area contributed by atoms with Gasteiger partial charge in [0, 0.05) is 17.7 Å². The third-order valence-electron chi connectivity index (χ3n) is 3.36. The molecule has 3 aromatic rings. The number of H-pyrrole nitrogens is 1. The molecule has 3 rings (SSSR count). The molecule has 1 amide bonds. The fraction of sp³-hybridized carbons (Fsp3) is 0.0625. The molecule has 1 aromatic carbocycles. The van der Waals surface area contributed by atoms with Crippen molar-refractivity contribution in [1.82, 2.24) is 9.71 Å². The van der Waals surface area contributed by atoms with E-state index in [1.54, 1.807) is 17.5 Å². The minimum absolute atomic E-state index is 0.112. The molecule has 0 atom stereocenters. The summed E-state index contributed by atoms with van der Waals surface area (Å²) in [5, 5.41) is 2.71. The normalized spacial score (nSPS) is 12.0. The van der Waals surface area contributed by atoms with Crippen molar-refractivity contribution in [2.45, 2.75) is 11.1 Å². The van der Waals surface area contributed by atoms with Crippen molar-refractivity contribution >= 4 is 44.2 Å². The zero-order valence-corrected chi connectivity index (χ0v) is 13.9. The van der Waals surface area contributed by atoms with E-state index in [2.05, 4.69) is 4.98 Å². The van der Waals surface area contributed by atoms with Crippen molar-refractivity contribution in [2.75, 3.05) is 0 Å². The van der Waals surface area contributed by atoms with Crippen LogP contribution in [0, 0.1) is 6.92 Å². The average Bonchev–Trinajstić information content (AvgIpc) is 3.16. The number of fused-ring (bicyclic) bond motifs is 1. The van der Waals surface area contributed by atoms with E-state index >= 15 is 0 Å². The number of benzene rings is 1. The molecule has 7 heteroatoms. The van der Waals surface area contributed by atoms with Crippen molar-refractivity contribution < 1.29 is 13.2 Å². The summed E-state index contributed by atoms with van der Waals surface area (Å²) in [6.45, 7) is 1.99. The van der Waals surface area contributed by atoms with Crippen LogP contribution < -0.4 is 4.72 Å². The first kappa shape index (κ1) is 15.5. The lowest BCUT2D eigenvalue weighted by Crippen LogP contribution is -2.28. The first-order valence-corrected chi connectivity index (χ1v) is 9.19. The van der Waals surface area contributed by atoms with Gasteiger partial charge in [-0.2, -0.15) is 0 Å². The zero-order valence-electron chi connectivity index (χ0n) is 12.2. The molecule has 0 aliphatic rings. The van der Waals surface area contributed by atoms with Gasteiger partial charge in [0.15, 0.2) is 0 Å². The number of rotatable bonds is 4. The lowest BCUT2D eigenvalue weighted by Gasteiger charge is -2.02. The molecule has 0 unspecified atom stereocenters. The monoisotopic (exact) mass is 346 g/mol. The highest BCUT2D eigenvalue weighted by atomic mass is 32.2.